The number of halogens is 2. The molecule has 1 N–H and O–H groups in total. The van der Waals surface area contributed by atoms with Crippen LogP contribution in [0.5, 0.6) is 11.5 Å². The normalized spacial score (nSPS) is 12.0. The van der Waals surface area contributed by atoms with Gasteiger partial charge in [0, 0.05) is 23.9 Å². The van der Waals surface area contributed by atoms with Gasteiger partial charge in [-0.15, -0.1) is 0 Å². The third-order valence-electron chi connectivity index (χ3n) is 6.23. The Morgan fingerprint density at radius 2 is 1.79 bits per heavy atom. The first kappa shape index (κ1) is 30.8. The minimum Gasteiger partial charge on any atom is -0.611 e. The number of imidazole rings is 1. The van der Waals surface area contributed by atoms with E-state index in [1.165, 1.54) is 18.2 Å². The average Bonchev–Trinajstić information content (AvgIpc) is 3.42. The van der Waals surface area contributed by atoms with E-state index >= 15 is 0 Å². The molecule has 1 aromatic heterocycles. The lowest BCUT2D eigenvalue weighted by atomic mass is 10.0. The third-order valence-corrected chi connectivity index (χ3v) is 7.58. The highest BCUT2D eigenvalue weighted by Crippen LogP contribution is 2.30. The lowest BCUT2D eigenvalue weighted by molar-refractivity contribution is -0.111. The van der Waals surface area contributed by atoms with Crippen molar-refractivity contribution in [3.05, 3.63) is 96.6 Å². The van der Waals surface area contributed by atoms with Crippen molar-refractivity contribution in [2.75, 3.05) is 11.9 Å². The van der Waals surface area contributed by atoms with Crippen molar-refractivity contribution in [2.45, 2.75) is 50.5 Å². The summed E-state index contributed by atoms with van der Waals surface area (Å²) in [6, 6.07) is 19.0. The Morgan fingerprint density at radius 1 is 1.05 bits per heavy atom. The predicted octanol–water partition coefficient (Wildman–Crippen LogP) is 7.31. The predicted molar refractivity (Wildman–Crippen MR) is 161 cm³/mol. The van der Waals surface area contributed by atoms with Gasteiger partial charge >= 0.3 is 6.61 Å². The number of hydrogen-bond acceptors (Lipinski definition) is 5. The van der Waals surface area contributed by atoms with Crippen LogP contribution in [0.3, 0.4) is 0 Å². The van der Waals surface area contributed by atoms with Crippen molar-refractivity contribution in [2.24, 2.45) is 0 Å². The third kappa shape index (κ3) is 8.67. The van der Waals surface area contributed by atoms with Crippen molar-refractivity contribution < 1.29 is 27.6 Å². The summed E-state index contributed by atoms with van der Waals surface area (Å²) in [6.07, 6.45) is 7.99. The molecule has 3 aromatic carbocycles. The molecule has 220 valence electrons. The van der Waals surface area contributed by atoms with Gasteiger partial charge in [-0.05, 0) is 89.8 Å². The van der Waals surface area contributed by atoms with E-state index in [-0.39, 0.29) is 5.75 Å². The van der Waals surface area contributed by atoms with E-state index in [1.807, 2.05) is 35.8 Å². The molecule has 42 heavy (non-hydrogen) atoms. The maximum absolute atomic E-state index is 13.0. The van der Waals surface area contributed by atoms with E-state index in [0.29, 0.717) is 28.5 Å². The van der Waals surface area contributed by atoms with Crippen LogP contribution in [-0.2, 0) is 28.3 Å². The van der Waals surface area contributed by atoms with Crippen LogP contribution >= 0.6 is 0 Å². The molecule has 4 aromatic rings. The van der Waals surface area contributed by atoms with Crippen LogP contribution in [-0.4, -0.2) is 33.2 Å². The number of rotatable bonds is 14. The van der Waals surface area contributed by atoms with Gasteiger partial charge < -0.3 is 23.9 Å². The lowest BCUT2D eigenvalue weighted by Crippen LogP contribution is -2.11. The van der Waals surface area contributed by atoms with Crippen molar-refractivity contribution >= 4 is 28.8 Å². The fourth-order valence-corrected chi connectivity index (χ4v) is 5.31. The zero-order valence-corrected chi connectivity index (χ0v) is 24.3. The number of carbonyl (C=O) groups is 1. The summed E-state index contributed by atoms with van der Waals surface area (Å²) in [7, 11) is 0. The number of nitrogens with zero attached hydrogens (tertiary/aromatic N) is 2. The van der Waals surface area contributed by atoms with Gasteiger partial charge in [-0.1, -0.05) is 32.0 Å². The highest BCUT2D eigenvalue weighted by atomic mass is 32.2. The summed E-state index contributed by atoms with van der Waals surface area (Å²) >= 11 is -1.27. The van der Waals surface area contributed by atoms with Gasteiger partial charge in [0.2, 0.25) is 5.91 Å². The van der Waals surface area contributed by atoms with E-state index < -0.39 is 23.7 Å². The summed E-state index contributed by atoms with van der Waals surface area (Å²) in [5.74, 6) is 0.576. The number of ether oxygens (including phenoxy) is 2. The first-order valence-corrected chi connectivity index (χ1v) is 15.0. The van der Waals surface area contributed by atoms with Gasteiger partial charge in [-0.2, -0.15) is 8.78 Å². The molecule has 0 spiro atoms. The largest absolute Gasteiger partial charge is 0.611 e. The number of nitrogens with one attached hydrogen (secondary N) is 1. The molecule has 7 nitrogen and oxygen atoms in total. The van der Waals surface area contributed by atoms with Crippen molar-refractivity contribution in [3.63, 3.8) is 0 Å². The second kappa shape index (κ2) is 15.2. The molecule has 0 fully saturated rings. The molecule has 1 atom stereocenters. The number of anilines is 1. The molecule has 1 unspecified atom stereocenters. The summed E-state index contributed by atoms with van der Waals surface area (Å²) in [5, 5.41) is 2.74. The number of aromatic nitrogens is 2. The molecule has 1 heterocycles. The van der Waals surface area contributed by atoms with Gasteiger partial charge in [0.15, 0.2) is 10.6 Å². The van der Waals surface area contributed by atoms with Gasteiger partial charge in [0.1, 0.15) is 11.5 Å². The molecule has 0 aliphatic rings. The monoisotopic (exact) mass is 593 g/mol. The molecule has 10 heteroatoms. The summed E-state index contributed by atoms with van der Waals surface area (Å²) in [5.41, 5.74) is 3.34. The molecule has 0 radical (unpaired) electrons. The Balaban J connectivity index is 1.43. The van der Waals surface area contributed by atoms with Gasteiger partial charge in [-0.3, -0.25) is 4.79 Å². The maximum atomic E-state index is 13.0. The van der Waals surface area contributed by atoms with E-state index in [4.69, 9.17) is 4.74 Å². The fraction of sp³-hybridized carbons (Fsp3) is 0.250. The Kier molecular flexibility index (Phi) is 11.1. The minimum atomic E-state index is -3.01. The summed E-state index contributed by atoms with van der Waals surface area (Å²) < 4.78 is 51.2. The Morgan fingerprint density at radius 3 is 2.48 bits per heavy atom. The lowest BCUT2D eigenvalue weighted by Gasteiger charge is -2.12. The highest BCUT2D eigenvalue weighted by molar-refractivity contribution is 7.90. The Bertz CT molecular complexity index is 1470. The molecule has 4 rings (SSSR count). The number of amides is 1. The minimum absolute atomic E-state index is 0.0483. The fourth-order valence-electron chi connectivity index (χ4n) is 4.19. The maximum Gasteiger partial charge on any atom is 0.387 e. The quantitative estimate of drug-likeness (QED) is 0.122. The molecular weight excluding hydrogens is 560 g/mol. The van der Waals surface area contributed by atoms with Crippen LogP contribution in [0.1, 0.15) is 37.9 Å². The van der Waals surface area contributed by atoms with Gasteiger partial charge in [0.25, 0.3) is 0 Å². The van der Waals surface area contributed by atoms with E-state index in [9.17, 15) is 18.1 Å². The van der Waals surface area contributed by atoms with Crippen LogP contribution < -0.4 is 14.8 Å². The first-order chi connectivity index (χ1) is 20.4. The summed E-state index contributed by atoms with van der Waals surface area (Å²) in [6.45, 7) is 2.52. The van der Waals surface area contributed by atoms with E-state index in [2.05, 4.69) is 22.0 Å². The number of hydrogen-bond donors (Lipinski definition) is 1. The number of aryl methyl sites for hydroxylation is 1. The average molecular weight is 594 g/mol. The zero-order valence-electron chi connectivity index (χ0n) is 23.5. The van der Waals surface area contributed by atoms with E-state index in [1.54, 1.807) is 48.9 Å². The second-order valence-electron chi connectivity index (χ2n) is 9.42. The van der Waals surface area contributed by atoms with Crippen LogP contribution in [0.25, 0.3) is 17.2 Å². The Labute approximate surface area is 247 Å². The summed E-state index contributed by atoms with van der Waals surface area (Å²) in [4.78, 5) is 17.4. The smallest absolute Gasteiger partial charge is 0.387 e. The zero-order chi connectivity index (χ0) is 29.9. The Hall–Kier alpha value is -4.15. The molecule has 0 saturated heterocycles. The van der Waals surface area contributed by atoms with Crippen molar-refractivity contribution in [1.82, 2.24) is 9.55 Å². The van der Waals surface area contributed by atoms with Crippen LogP contribution in [0.2, 0.25) is 0 Å². The topological polar surface area (TPSA) is 88.4 Å². The molecule has 0 saturated carbocycles. The first-order valence-electron chi connectivity index (χ1n) is 13.6. The molecule has 1 amide bonds. The molecule has 0 aliphatic carbocycles. The van der Waals surface area contributed by atoms with E-state index in [0.717, 1.165) is 42.0 Å². The number of benzene rings is 3. The highest BCUT2D eigenvalue weighted by Gasteiger charge is 2.15. The van der Waals surface area contributed by atoms with Gasteiger partial charge in [0.05, 0.1) is 24.8 Å². The van der Waals surface area contributed by atoms with Crippen LogP contribution in [0.15, 0.2) is 90.2 Å². The molecule has 0 bridgehead atoms. The molecular formula is C32H33F2N3O4S. The second-order valence-corrected chi connectivity index (χ2v) is 10.9. The number of alkyl halides is 2. The van der Waals surface area contributed by atoms with Crippen LogP contribution in [0, 0.1) is 0 Å². The van der Waals surface area contributed by atoms with Crippen molar-refractivity contribution in [3.8, 4) is 22.6 Å². The SMILES string of the molecule is CCCOc1ccc(-c2ccc(OC(F)F)c(/C=C/C(=O)Nc3ccc([S+]([O-])Cc4cncn4CCC)cc3)c2)cc1. The van der Waals surface area contributed by atoms with Crippen molar-refractivity contribution in [1.29, 1.82) is 0 Å². The van der Waals surface area contributed by atoms with Crippen LogP contribution in [0.4, 0.5) is 14.5 Å². The number of carbonyl (C=O) groups excluding carboxylic acids is 1. The standard InChI is InChI=1S/C32H33F2N3O4S/c1-3-17-37-22-35-20-27(37)21-42(39)29-13-9-26(10-14-29)36-31(38)16-8-25-19-24(7-15-30(25)41-32(33)34)23-5-11-28(12-6-23)40-18-4-2/h5-16,19-20,22,32H,3-4,17-18,21H2,1-2H3,(H,36,38)/b16-8+. The van der Waals surface area contributed by atoms with Gasteiger partial charge in [-0.25, -0.2) is 4.98 Å². The molecule has 0 aliphatic heterocycles.